The zero-order valence-corrected chi connectivity index (χ0v) is 10.1. The molecule has 1 aromatic rings. The molecule has 0 radical (unpaired) electrons. The fourth-order valence-electron chi connectivity index (χ4n) is 1.13. The molecule has 15 heavy (non-hydrogen) atoms. The second-order valence-corrected chi connectivity index (χ2v) is 4.31. The Balaban J connectivity index is 2.84. The van der Waals surface area contributed by atoms with Crippen molar-refractivity contribution >= 4 is 17.4 Å². The number of hydrogen-bond donors (Lipinski definition) is 1. The highest BCUT2D eigenvalue weighted by molar-refractivity contribution is 6.29. The summed E-state index contributed by atoms with van der Waals surface area (Å²) in [6.45, 7) is 10.2. The van der Waals surface area contributed by atoms with E-state index in [0.29, 0.717) is 17.5 Å². The van der Waals surface area contributed by atoms with E-state index in [1.165, 1.54) is 0 Å². The van der Waals surface area contributed by atoms with Gasteiger partial charge in [-0.25, -0.2) is 9.97 Å². The van der Waals surface area contributed by atoms with Crippen LogP contribution < -0.4 is 5.32 Å². The first kappa shape index (κ1) is 12.0. The van der Waals surface area contributed by atoms with Crippen molar-refractivity contribution in [1.82, 2.24) is 9.97 Å². The van der Waals surface area contributed by atoms with E-state index in [2.05, 4.69) is 35.7 Å². The quantitative estimate of drug-likeness (QED) is 0.856. The minimum atomic E-state index is 0.324. The summed E-state index contributed by atoms with van der Waals surface area (Å²) in [6.07, 6.45) is 0. The van der Waals surface area contributed by atoms with E-state index < -0.39 is 0 Å². The molecule has 0 fully saturated rings. The van der Waals surface area contributed by atoms with Crippen molar-refractivity contribution in [1.29, 1.82) is 0 Å². The Morgan fingerprint density at radius 3 is 2.73 bits per heavy atom. The highest BCUT2D eigenvalue weighted by Gasteiger charge is 2.05. The number of hydrogen-bond acceptors (Lipinski definition) is 3. The predicted octanol–water partition coefficient (Wildman–Crippen LogP) is 3.07. The average Bonchev–Trinajstić information content (AvgIpc) is 2.13. The molecule has 3 nitrogen and oxygen atoms in total. The van der Waals surface area contributed by atoms with Gasteiger partial charge in [-0.15, -0.1) is 0 Å². The van der Waals surface area contributed by atoms with Gasteiger partial charge in [0.25, 0.3) is 0 Å². The van der Waals surface area contributed by atoms with Crippen LogP contribution in [-0.2, 0) is 0 Å². The van der Waals surface area contributed by atoms with Crippen LogP contribution in [0.15, 0.2) is 17.7 Å². The second kappa shape index (κ2) is 5.12. The molecule has 82 valence electrons. The maximum atomic E-state index is 5.67. The molecule has 4 heteroatoms. The monoisotopic (exact) mass is 225 g/mol. The van der Waals surface area contributed by atoms with E-state index in [9.17, 15) is 0 Å². The molecule has 0 aliphatic heterocycles. The summed E-state index contributed by atoms with van der Waals surface area (Å²) in [5.41, 5.74) is 0.955. The third-order valence-electron chi connectivity index (χ3n) is 1.85. The van der Waals surface area contributed by atoms with Gasteiger partial charge in [0.1, 0.15) is 11.6 Å². The van der Waals surface area contributed by atoms with Crippen molar-refractivity contribution in [2.45, 2.75) is 26.7 Å². The lowest BCUT2D eigenvalue weighted by Crippen LogP contribution is -2.07. The molecule has 0 unspecified atom stereocenters. The largest absolute Gasteiger partial charge is 0.365 e. The van der Waals surface area contributed by atoms with E-state index in [1.54, 1.807) is 0 Å². The van der Waals surface area contributed by atoms with Crippen LogP contribution >= 0.6 is 11.6 Å². The molecule has 0 aliphatic carbocycles. The van der Waals surface area contributed by atoms with Gasteiger partial charge in [0, 0.05) is 22.7 Å². The first-order valence-corrected chi connectivity index (χ1v) is 5.29. The van der Waals surface area contributed by atoms with E-state index in [4.69, 9.17) is 11.6 Å². The smallest absolute Gasteiger partial charge is 0.133 e. The molecule has 0 bridgehead atoms. The maximum Gasteiger partial charge on any atom is 0.133 e. The highest BCUT2D eigenvalue weighted by atomic mass is 35.5. The van der Waals surface area contributed by atoms with Gasteiger partial charge in [0.2, 0.25) is 0 Å². The lowest BCUT2D eigenvalue weighted by molar-refractivity contribution is 0.767. The number of aryl methyl sites for hydroxylation is 1. The number of anilines is 1. The number of aromatic nitrogens is 2. The molecule has 0 atom stereocenters. The first-order chi connectivity index (χ1) is 6.99. The van der Waals surface area contributed by atoms with E-state index in [0.717, 1.165) is 17.3 Å². The second-order valence-electron chi connectivity index (χ2n) is 3.78. The van der Waals surface area contributed by atoms with Crippen LogP contribution in [0.5, 0.6) is 0 Å². The summed E-state index contributed by atoms with van der Waals surface area (Å²) in [4.78, 5) is 8.74. The molecule has 0 saturated carbocycles. The third kappa shape index (κ3) is 3.88. The molecule has 1 rings (SSSR count). The Hall–Kier alpha value is -1.09. The molecule has 0 saturated heterocycles. The fraction of sp³-hybridized carbons (Fsp3) is 0.455. The minimum absolute atomic E-state index is 0.324. The van der Waals surface area contributed by atoms with Crippen molar-refractivity contribution in [3.05, 3.63) is 29.2 Å². The Morgan fingerprint density at radius 2 is 2.20 bits per heavy atom. The van der Waals surface area contributed by atoms with Crippen LogP contribution in [0.1, 0.15) is 31.3 Å². The Kier molecular flexibility index (Phi) is 4.09. The number of rotatable bonds is 4. The van der Waals surface area contributed by atoms with E-state index in [1.807, 2.05) is 13.0 Å². The minimum Gasteiger partial charge on any atom is -0.365 e. The Morgan fingerprint density at radius 1 is 1.53 bits per heavy atom. The molecule has 0 spiro atoms. The molecule has 0 aliphatic rings. The van der Waals surface area contributed by atoms with E-state index >= 15 is 0 Å². The van der Waals surface area contributed by atoms with Crippen LogP contribution in [0.4, 0.5) is 5.82 Å². The van der Waals surface area contributed by atoms with Gasteiger partial charge >= 0.3 is 0 Å². The zero-order valence-electron chi connectivity index (χ0n) is 9.34. The topological polar surface area (TPSA) is 37.8 Å². The summed E-state index contributed by atoms with van der Waals surface area (Å²) in [6, 6.07) is 1.89. The maximum absolute atomic E-state index is 5.67. The van der Waals surface area contributed by atoms with Gasteiger partial charge in [0.05, 0.1) is 6.54 Å². The highest BCUT2D eigenvalue weighted by Crippen LogP contribution is 2.13. The number of nitrogens with zero attached hydrogens (tertiary/aromatic N) is 2. The molecule has 1 heterocycles. The van der Waals surface area contributed by atoms with Gasteiger partial charge in [-0.3, -0.25) is 0 Å². The SMILES string of the molecule is C=C(Cl)CNc1cc(C)nc(C(C)C)n1. The molecule has 0 aromatic carbocycles. The Labute approximate surface area is 95.6 Å². The molecular formula is C11H16ClN3. The van der Waals surface area contributed by atoms with Crippen LogP contribution in [0.25, 0.3) is 0 Å². The Bertz CT molecular complexity index is 361. The first-order valence-electron chi connectivity index (χ1n) is 4.91. The lowest BCUT2D eigenvalue weighted by Gasteiger charge is -2.09. The molecule has 1 N–H and O–H groups in total. The molecular weight excluding hydrogens is 210 g/mol. The predicted molar refractivity (Wildman–Crippen MR) is 64.3 cm³/mol. The standard InChI is InChI=1S/C11H16ClN3/c1-7(2)11-14-9(4)5-10(15-11)13-6-8(3)12/h5,7H,3,6H2,1-2,4H3,(H,13,14,15). The average molecular weight is 226 g/mol. The van der Waals surface area contributed by atoms with Gasteiger partial charge in [-0.1, -0.05) is 32.0 Å². The van der Waals surface area contributed by atoms with Crippen LogP contribution in [0, 0.1) is 6.92 Å². The van der Waals surface area contributed by atoms with Gasteiger partial charge in [-0.05, 0) is 6.92 Å². The summed E-state index contributed by atoms with van der Waals surface area (Å²) in [5.74, 6) is 1.97. The van der Waals surface area contributed by atoms with Crippen LogP contribution in [0.3, 0.4) is 0 Å². The summed E-state index contributed by atoms with van der Waals surface area (Å²) in [7, 11) is 0. The zero-order chi connectivity index (χ0) is 11.4. The van der Waals surface area contributed by atoms with Crippen LogP contribution in [-0.4, -0.2) is 16.5 Å². The number of halogens is 1. The van der Waals surface area contributed by atoms with Gasteiger partial charge in [0.15, 0.2) is 0 Å². The number of nitrogens with one attached hydrogen (secondary N) is 1. The van der Waals surface area contributed by atoms with Crippen LogP contribution in [0.2, 0.25) is 0 Å². The fourth-order valence-corrected chi connectivity index (χ4v) is 1.19. The van der Waals surface area contributed by atoms with Crippen molar-refractivity contribution in [2.24, 2.45) is 0 Å². The summed E-state index contributed by atoms with van der Waals surface area (Å²) >= 11 is 5.67. The van der Waals surface area contributed by atoms with E-state index in [-0.39, 0.29) is 0 Å². The molecule has 1 aromatic heterocycles. The summed E-state index contributed by atoms with van der Waals surface area (Å²) in [5, 5.41) is 3.66. The van der Waals surface area contributed by atoms with Gasteiger partial charge < -0.3 is 5.32 Å². The van der Waals surface area contributed by atoms with Crippen molar-refractivity contribution in [3.63, 3.8) is 0 Å². The normalized spacial score (nSPS) is 10.5. The molecule has 0 amide bonds. The van der Waals surface area contributed by atoms with Gasteiger partial charge in [-0.2, -0.15) is 0 Å². The van der Waals surface area contributed by atoms with Crippen molar-refractivity contribution in [3.8, 4) is 0 Å². The third-order valence-corrected chi connectivity index (χ3v) is 1.98. The van der Waals surface area contributed by atoms with Crippen molar-refractivity contribution < 1.29 is 0 Å². The van der Waals surface area contributed by atoms with Crippen molar-refractivity contribution in [2.75, 3.05) is 11.9 Å². The summed E-state index contributed by atoms with van der Waals surface area (Å²) < 4.78 is 0. The lowest BCUT2D eigenvalue weighted by atomic mass is 10.2.